The van der Waals surface area contributed by atoms with E-state index >= 15 is 0 Å². The smallest absolute Gasteiger partial charge is 0.321 e. The Labute approximate surface area is 99.8 Å². The first-order valence-corrected chi connectivity index (χ1v) is 6.06. The van der Waals surface area contributed by atoms with Gasteiger partial charge in [-0.25, -0.2) is 0 Å². The van der Waals surface area contributed by atoms with E-state index in [0.717, 1.165) is 0 Å². The molecule has 0 aromatic rings. The van der Waals surface area contributed by atoms with Crippen molar-refractivity contribution in [2.75, 3.05) is 0 Å². The number of carbonyl (C=O) groups is 2. The van der Waals surface area contributed by atoms with Gasteiger partial charge in [-0.05, 0) is 24.7 Å². The monoisotopic (exact) mass is 242 g/mol. The number of carboxylic acid groups (broad SMARTS) is 2. The highest BCUT2D eigenvalue weighted by Gasteiger charge is 2.69. The molecule has 1 aliphatic heterocycles. The molecule has 2 N–H and O–H groups in total. The Morgan fingerprint density at radius 1 is 1.12 bits per heavy atom. The van der Waals surface area contributed by atoms with E-state index in [-0.39, 0.29) is 18.6 Å². The zero-order valence-electron chi connectivity index (χ0n) is 10.1. The van der Waals surface area contributed by atoms with Crippen LogP contribution in [-0.2, 0) is 14.3 Å². The molecule has 5 heteroatoms. The molecule has 17 heavy (non-hydrogen) atoms. The number of fused-ring (bicyclic) bond motifs is 1. The number of aliphatic carboxylic acids is 2. The van der Waals surface area contributed by atoms with Gasteiger partial charge in [0, 0.05) is 6.42 Å². The highest BCUT2D eigenvalue weighted by atomic mass is 16.6. The first-order chi connectivity index (χ1) is 7.93. The molecule has 0 amide bonds. The van der Waals surface area contributed by atoms with Gasteiger partial charge in [0.05, 0.1) is 12.2 Å². The fourth-order valence-corrected chi connectivity index (χ4v) is 3.48. The molecule has 2 atom stereocenters. The van der Waals surface area contributed by atoms with Crippen LogP contribution in [0, 0.1) is 10.8 Å². The van der Waals surface area contributed by atoms with Crippen molar-refractivity contribution in [1.29, 1.82) is 0 Å². The number of hydrogen-bond acceptors (Lipinski definition) is 3. The Morgan fingerprint density at radius 3 is 2.00 bits per heavy atom. The van der Waals surface area contributed by atoms with Crippen molar-refractivity contribution in [2.24, 2.45) is 10.8 Å². The minimum absolute atomic E-state index is 0.0710. The Bertz CT molecular complexity index is 344. The predicted octanol–water partition coefficient (Wildman–Crippen LogP) is 1.51. The molecule has 1 aliphatic carbocycles. The van der Waals surface area contributed by atoms with E-state index in [1.54, 1.807) is 0 Å². The maximum Gasteiger partial charge on any atom is 0.321 e. The summed E-state index contributed by atoms with van der Waals surface area (Å²) < 4.78 is 5.37. The number of hydrogen-bond donors (Lipinski definition) is 2. The lowest BCUT2D eigenvalue weighted by Crippen LogP contribution is -2.56. The number of carboxylic acids is 2. The molecule has 2 fully saturated rings. The van der Waals surface area contributed by atoms with Gasteiger partial charge >= 0.3 is 11.9 Å². The highest BCUT2D eigenvalue weighted by molar-refractivity contribution is 5.99. The van der Waals surface area contributed by atoms with Gasteiger partial charge in [0.25, 0.3) is 0 Å². The second-order valence-corrected chi connectivity index (χ2v) is 5.12. The van der Waals surface area contributed by atoms with E-state index in [1.165, 1.54) is 0 Å². The van der Waals surface area contributed by atoms with Crippen LogP contribution in [-0.4, -0.2) is 34.4 Å². The summed E-state index contributed by atoms with van der Waals surface area (Å²) in [6, 6.07) is 0. The van der Waals surface area contributed by atoms with Gasteiger partial charge in [0.1, 0.15) is 0 Å². The Kier molecular flexibility index (Phi) is 2.69. The van der Waals surface area contributed by atoms with Crippen molar-refractivity contribution in [3.63, 3.8) is 0 Å². The van der Waals surface area contributed by atoms with Crippen molar-refractivity contribution in [2.45, 2.75) is 51.7 Å². The van der Waals surface area contributed by atoms with Crippen molar-refractivity contribution in [1.82, 2.24) is 0 Å². The van der Waals surface area contributed by atoms with Gasteiger partial charge in [-0.15, -0.1) is 0 Å². The van der Waals surface area contributed by atoms with Crippen LogP contribution in [0.3, 0.4) is 0 Å². The van der Waals surface area contributed by atoms with Gasteiger partial charge in [0.2, 0.25) is 0 Å². The summed E-state index contributed by atoms with van der Waals surface area (Å²) in [5.74, 6) is -2.44. The summed E-state index contributed by atoms with van der Waals surface area (Å²) in [5, 5.41) is 18.9. The summed E-state index contributed by atoms with van der Waals surface area (Å²) in [5.41, 5.74) is -2.38. The molecule has 0 radical (unpaired) electrons. The van der Waals surface area contributed by atoms with Gasteiger partial charge in [0.15, 0.2) is 5.41 Å². The predicted molar refractivity (Wildman–Crippen MR) is 58.6 cm³/mol. The van der Waals surface area contributed by atoms with Crippen molar-refractivity contribution in [3.8, 4) is 0 Å². The first kappa shape index (κ1) is 12.4. The van der Waals surface area contributed by atoms with Crippen LogP contribution >= 0.6 is 0 Å². The maximum absolute atomic E-state index is 11.6. The molecule has 1 saturated carbocycles. The van der Waals surface area contributed by atoms with Crippen molar-refractivity contribution < 1.29 is 24.5 Å². The fourth-order valence-electron chi connectivity index (χ4n) is 3.48. The molecule has 96 valence electrons. The number of epoxide rings is 1. The molecule has 0 aromatic heterocycles. The first-order valence-electron chi connectivity index (χ1n) is 6.06. The van der Waals surface area contributed by atoms with E-state index in [9.17, 15) is 19.8 Å². The molecule has 1 heterocycles. The molecular weight excluding hydrogens is 224 g/mol. The van der Waals surface area contributed by atoms with Crippen LogP contribution in [0.2, 0.25) is 0 Å². The molecule has 0 unspecified atom stereocenters. The minimum atomic E-state index is -1.69. The normalized spacial score (nSPS) is 32.6. The van der Waals surface area contributed by atoms with Crippen molar-refractivity contribution in [3.05, 3.63) is 0 Å². The molecule has 0 bridgehead atoms. The summed E-state index contributed by atoms with van der Waals surface area (Å²) in [6.45, 7) is 3.74. The highest BCUT2D eigenvalue weighted by Crippen LogP contribution is 2.60. The third-order valence-electron chi connectivity index (χ3n) is 4.78. The second kappa shape index (κ2) is 3.70. The van der Waals surface area contributed by atoms with Crippen LogP contribution in [0.5, 0.6) is 0 Å². The lowest BCUT2D eigenvalue weighted by molar-refractivity contribution is -0.181. The molecule has 0 aromatic carbocycles. The van der Waals surface area contributed by atoms with Gasteiger partial charge in [-0.1, -0.05) is 13.8 Å². The molecule has 5 nitrogen and oxygen atoms in total. The maximum atomic E-state index is 11.6. The molecule has 1 saturated heterocycles. The van der Waals surface area contributed by atoms with E-state index in [4.69, 9.17) is 4.74 Å². The Balaban J connectivity index is 2.50. The number of rotatable bonds is 4. The summed E-state index contributed by atoms with van der Waals surface area (Å²) in [4.78, 5) is 23.2. The Hall–Kier alpha value is -1.10. The van der Waals surface area contributed by atoms with Crippen LogP contribution in [0.15, 0.2) is 0 Å². The Morgan fingerprint density at radius 2 is 1.59 bits per heavy atom. The van der Waals surface area contributed by atoms with Crippen LogP contribution in [0.25, 0.3) is 0 Å². The van der Waals surface area contributed by atoms with E-state index < -0.39 is 22.8 Å². The lowest BCUT2D eigenvalue weighted by atomic mass is 9.53. The molecule has 2 rings (SSSR count). The SMILES string of the molecule is CCC1(CC)C[C@H]2O[C@H]2CC1(C(=O)O)C(=O)O. The summed E-state index contributed by atoms with van der Waals surface area (Å²) in [7, 11) is 0. The van der Waals surface area contributed by atoms with Crippen LogP contribution < -0.4 is 0 Å². The average Bonchev–Trinajstić information content (AvgIpc) is 3.03. The number of ether oxygens (including phenoxy) is 1. The van der Waals surface area contributed by atoms with Gasteiger partial charge in [-0.3, -0.25) is 9.59 Å². The zero-order chi connectivity index (χ0) is 12.8. The van der Waals surface area contributed by atoms with E-state index in [1.807, 2.05) is 13.8 Å². The molecular formula is C12H18O5. The van der Waals surface area contributed by atoms with E-state index in [2.05, 4.69) is 0 Å². The van der Waals surface area contributed by atoms with E-state index in [0.29, 0.717) is 19.3 Å². The van der Waals surface area contributed by atoms with Crippen LogP contribution in [0.4, 0.5) is 0 Å². The summed E-state index contributed by atoms with van der Waals surface area (Å²) in [6.07, 6.45) is 1.64. The topological polar surface area (TPSA) is 87.1 Å². The lowest BCUT2D eigenvalue weighted by Gasteiger charge is -2.46. The quantitative estimate of drug-likeness (QED) is 0.576. The third kappa shape index (κ3) is 1.41. The standard InChI is InChI=1S/C12H18O5/c1-3-11(4-2)5-7-8(17-7)6-12(11,9(13)14)10(15)16/h7-8H,3-6H2,1-2H3,(H,13,14)(H,15,16)/t7-,8+/m1/s1. The largest absolute Gasteiger partial charge is 0.480 e. The van der Waals surface area contributed by atoms with Gasteiger partial charge < -0.3 is 14.9 Å². The van der Waals surface area contributed by atoms with Crippen LogP contribution in [0.1, 0.15) is 39.5 Å². The summed E-state index contributed by atoms with van der Waals surface area (Å²) >= 11 is 0. The zero-order valence-corrected chi connectivity index (χ0v) is 10.1. The molecule has 0 spiro atoms. The average molecular weight is 242 g/mol. The van der Waals surface area contributed by atoms with Gasteiger partial charge in [-0.2, -0.15) is 0 Å². The van der Waals surface area contributed by atoms with Crippen molar-refractivity contribution >= 4 is 11.9 Å². The second-order valence-electron chi connectivity index (χ2n) is 5.12. The fraction of sp³-hybridized carbons (Fsp3) is 0.833. The molecule has 2 aliphatic rings. The third-order valence-corrected chi connectivity index (χ3v) is 4.78. The minimum Gasteiger partial charge on any atom is -0.480 e.